The molecule has 0 aliphatic heterocycles. The van der Waals surface area contributed by atoms with Gasteiger partial charge in [-0.25, -0.2) is 0 Å². The summed E-state index contributed by atoms with van der Waals surface area (Å²) in [7, 11) is 4.23. The number of amides is 1. The maximum Gasteiger partial charge on any atom is 0.238 e. The average molecular weight is 261 g/mol. The fourth-order valence-corrected chi connectivity index (χ4v) is 2.50. The zero-order chi connectivity index (χ0) is 13.7. The largest absolute Gasteiger partial charge is 0.325 e. The first kappa shape index (κ1) is 14.0. The molecule has 1 aliphatic carbocycles. The number of nitrogens with one attached hydrogen (secondary N) is 2. The molecule has 4 heteroatoms. The van der Waals surface area contributed by atoms with Gasteiger partial charge < -0.3 is 15.5 Å². The lowest BCUT2D eigenvalue weighted by Gasteiger charge is -2.47. The van der Waals surface area contributed by atoms with Gasteiger partial charge in [-0.15, -0.1) is 0 Å². The molecule has 0 bridgehead atoms. The van der Waals surface area contributed by atoms with E-state index < -0.39 is 0 Å². The molecule has 2 rings (SSSR count). The van der Waals surface area contributed by atoms with E-state index >= 15 is 0 Å². The zero-order valence-electron chi connectivity index (χ0n) is 11.8. The monoisotopic (exact) mass is 261 g/mol. The van der Waals surface area contributed by atoms with Gasteiger partial charge in [0, 0.05) is 17.8 Å². The molecule has 0 spiro atoms. The van der Waals surface area contributed by atoms with Crippen LogP contribution in [0.25, 0.3) is 0 Å². The van der Waals surface area contributed by atoms with Crippen molar-refractivity contribution in [3.63, 3.8) is 0 Å². The smallest absolute Gasteiger partial charge is 0.238 e. The van der Waals surface area contributed by atoms with E-state index in [4.69, 9.17) is 0 Å². The Bertz CT molecular complexity index is 413. The topological polar surface area (TPSA) is 44.4 Å². The first-order valence-corrected chi connectivity index (χ1v) is 6.85. The minimum absolute atomic E-state index is 0.0134. The van der Waals surface area contributed by atoms with Crippen molar-refractivity contribution >= 4 is 11.6 Å². The molecular formula is C15H23N3O. The number of para-hydroxylation sites is 1. The molecule has 2 N–H and O–H groups in total. The maximum absolute atomic E-state index is 11.8. The third-order valence-electron chi connectivity index (χ3n) is 4.03. The Morgan fingerprint density at radius 2 is 1.95 bits per heavy atom. The normalized spacial score (nSPS) is 17.0. The van der Waals surface area contributed by atoms with Crippen molar-refractivity contribution in [2.45, 2.75) is 24.8 Å². The van der Waals surface area contributed by atoms with Crippen LogP contribution in [0.3, 0.4) is 0 Å². The number of hydrogen-bond donors (Lipinski definition) is 2. The second-order valence-electron chi connectivity index (χ2n) is 5.49. The molecule has 1 saturated carbocycles. The molecule has 1 aliphatic rings. The highest BCUT2D eigenvalue weighted by atomic mass is 16.1. The molecule has 0 saturated heterocycles. The maximum atomic E-state index is 11.8. The standard InChI is InChI=1S/C15H23N3O/c1-18(2)15(9-6-10-15)12-16-11-14(19)17-13-7-4-3-5-8-13/h3-5,7-8,16H,6,9-12H2,1-2H3,(H,17,19). The first-order chi connectivity index (χ1) is 9.12. The van der Waals surface area contributed by atoms with E-state index in [0.29, 0.717) is 6.54 Å². The first-order valence-electron chi connectivity index (χ1n) is 6.85. The molecule has 1 aromatic rings. The van der Waals surface area contributed by atoms with Gasteiger partial charge in [0.15, 0.2) is 0 Å². The molecule has 19 heavy (non-hydrogen) atoms. The number of hydrogen-bond acceptors (Lipinski definition) is 3. The quantitative estimate of drug-likeness (QED) is 0.819. The lowest BCUT2D eigenvalue weighted by atomic mass is 9.75. The van der Waals surface area contributed by atoms with Crippen LogP contribution < -0.4 is 10.6 Å². The fourth-order valence-electron chi connectivity index (χ4n) is 2.50. The molecule has 1 aromatic carbocycles. The Hall–Kier alpha value is -1.39. The third kappa shape index (κ3) is 3.55. The molecular weight excluding hydrogens is 238 g/mol. The van der Waals surface area contributed by atoms with Crippen molar-refractivity contribution < 1.29 is 4.79 Å². The van der Waals surface area contributed by atoms with Crippen LogP contribution in [0.2, 0.25) is 0 Å². The second-order valence-corrected chi connectivity index (χ2v) is 5.49. The van der Waals surface area contributed by atoms with Crippen LogP contribution in [0.4, 0.5) is 5.69 Å². The molecule has 0 heterocycles. The van der Waals surface area contributed by atoms with Crippen LogP contribution in [0.15, 0.2) is 30.3 Å². The molecule has 0 atom stereocenters. The van der Waals surface area contributed by atoms with E-state index in [0.717, 1.165) is 12.2 Å². The summed E-state index contributed by atoms with van der Waals surface area (Å²) in [5.74, 6) is 0.0134. The summed E-state index contributed by atoms with van der Waals surface area (Å²) >= 11 is 0. The Balaban J connectivity index is 1.72. The van der Waals surface area contributed by atoms with Crippen LogP contribution in [0.5, 0.6) is 0 Å². The van der Waals surface area contributed by atoms with E-state index in [1.54, 1.807) is 0 Å². The predicted octanol–water partition coefficient (Wildman–Crippen LogP) is 1.70. The van der Waals surface area contributed by atoms with Crippen LogP contribution in [0.1, 0.15) is 19.3 Å². The Labute approximate surface area is 115 Å². The Kier molecular flexibility index (Phi) is 4.56. The van der Waals surface area contributed by atoms with E-state index in [1.165, 1.54) is 19.3 Å². The fraction of sp³-hybridized carbons (Fsp3) is 0.533. The summed E-state index contributed by atoms with van der Waals surface area (Å²) in [4.78, 5) is 14.1. The molecule has 0 unspecified atom stereocenters. The second kappa shape index (κ2) is 6.17. The number of carbonyl (C=O) groups is 1. The zero-order valence-corrected chi connectivity index (χ0v) is 11.8. The minimum Gasteiger partial charge on any atom is -0.325 e. The third-order valence-corrected chi connectivity index (χ3v) is 4.03. The molecule has 1 fully saturated rings. The number of anilines is 1. The SMILES string of the molecule is CN(C)C1(CNCC(=O)Nc2ccccc2)CCC1. The van der Waals surface area contributed by atoms with Crippen molar-refractivity contribution in [3.05, 3.63) is 30.3 Å². The van der Waals surface area contributed by atoms with E-state index in [1.807, 2.05) is 30.3 Å². The van der Waals surface area contributed by atoms with Gasteiger partial charge in [0.1, 0.15) is 0 Å². The number of benzene rings is 1. The Morgan fingerprint density at radius 1 is 1.26 bits per heavy atom. The lowest BCUT2D eigenvalue weighted by Crippen LogP contribution is -2.57. The van der Waals surface area contributed by atoms with E-state index in [2.05, 4.69) is 29.6 Å². The molecule has 104 valence electrons. The van der Waals surface area contributed by atoms with Gasteiger partial charge in [0.25, 0.3) is 0 Å². The van der Waals surface area contributed by atoms with Gasteiger partial charge in [-0.3, -0.25) is 4.79 Å². The van der Waals surface area contributed by atoms with Gasteiger partial charge in [-0.05, 0) is 45.5 Å². The predicted molar refractivity (Wildman–Crippen MR) is 78.2 cm³/mol. The lowest BCUT2D eigenvalue weighted by molar-refractivity contribution is -0.115. The van der Waals surface area contributed by atoms with E-state index in [-0.39, 0.29) is 11.4 Å². The summed E-state index contributed by atoms with van der Waals surface area (Å²) in [5, 5.41) is 6.15. The number of carbonyl (C=O) groups excluding carboxylic acids is 1. The van der Waals surface area contributed by atoms with Crippen LogP contribution in [-0.4, -0.2) is 43.5 Å². The summed E-state index contributed by atoms with van der Waals surface area (Å²) in [6.07, 6.45) is 3.72. The summed E-state index contributed by atoms with van der Waals surface area (Å²) in [5.41, 5.74) is 1.10. The molecule has 4 nitrogen and oxygen atoms in total. The summed E-state index contributed by atoms with van der Waals surface area (Å²) < 4.78 is 0. The summed E-state index contributed by atoms with van der Waals surface area (Å²) in [6, 6.07) is 9.55. The highest BCUT2D eigenvalue weighted by Gasteiger charge is 2.38. The van der Waals surface area contributed by atoms with Gasteiger partial charge in [0.2, 0.25) is 5.91 Å². The van der Waals surface area contributed by atoms with E-state index in [9.17, 15) is 4.79 Å². The van der Waals surface area contributed by atoms with Gasteiger partial charge in [0.05, 0.1) is 6.54 Å². The van der Waals surface area contributed by atoms with Gasteiger partial charge >= 0.3 is 0 Å². The van der Waals surface area contributed by atoms with Crippen molar-refractivity contribution in [1.82, 2.24) is 10.2 Å². The number of nitrogens with zero attached hydrogens (tertiary/aromatic N) is 1. The van der Waals surface area contributed by atoms with Crippen molar-refractivity contribution in [2.24, 2.45) is 0 Å². The summed E-state index contributed by atoms with van der Waals surface area (Å²) in [6.45, 7) is 1.24. The molecule has 1 amide bonds. The number of rotatable bonds is 6. The van der Waals surface area contributed by atoms with Gasteiger partial charge in [-0.2, -0.15) is 0 Å². The van der Waals surface area contributed by atoms with Crippen molar-refractivity contribution in [2.75, 3.05) is 32.5 Å². The molecule has 0 aromatic heterocycles. The highest BCUT2D eigenvalue weighted by Crippen LogP contribution is 2.35. The highest BCUT2D eigenvalue weighted by molar-refractivity contribution is 5.92. The number of likely N-dealkylation sites (N-methyl/N-ethyl adjacent to an activating group) is 1. The average Bonchev–Trinajstić information content (AvgIpc) is 2.33. The van der Waals surface area contributed by atoms with Crippen molar-refractivity contribution in [3.8, 4) is 0 Å². The van der Waals surface area contributed by atoms with Crippen LogP contribution in [0, 0.1) is 0 Å². The minimum atomic E-state index is 0.0134. The van der Waals surface area contributed by atoms with Crippen LogP contribution >= 0.6 is 0 Å². The molecule has 0 radical (unpaired) electrons. The van der Waals surface area contributed by atoms with Crippen LogP contribution in [-0.2, 0) is 4.79 Å². The Morgan fingerprint density at radius 3 is 2.47 bits per heavy atom. The van der Waals surface area contributed by atoms with Crippen molar-refractivity contribution in [1.29, 1.82) is 0 Å². The van der Waals surface area contributed by atoms with Gasteiger partial charge in [-0.1, -0.05) is 18.2 Å².